The Labute approximate surface area is 169 Å². The summed E-state index contributed by atoms with van der Waals surface area (Å²) in [6.45, 7) is 0.351. The van der Waals surface area contributed by atoms with E-state index in [1.807, 2.05) is 24.3 Å². The number of aromatic nitrogens is 2. The average Bonchev–Trinajstić information content (AvgIpc) is 2.69. The molecule has 0 spiro atoms. The lowest BCUT2D eigenvalue weighted by Gasteiger charge is -2.10. The highest BCUT2D eigenvalue weighted by molar-refractivity contribution is 9.10. The van der Waals surface area contributed by atoms with E-state index in [1.54, 1.807) is 31.4 Å². The monoisotopic (exact) mass is 443 g/mol. The van der Waals surface area contributed by atoms with Crippen LogP contribution in [0.5, 0.6) is 11.5 Å². The molecule has 1 heterocycles. The molecule has 1 amide bonds. The van der Waals surface area contributed by atoms with Gasteiger partial charge in [-0.15, -0.1) is 0 Å². The number of nitrogens with zero attached hydrogens (tertiary/aromatic N) is 2. The zero-order valence-electron chi connectivity index (χ0n) is 15.1. The minimum absolute atomic E-state index is 0.211. The molecule has 0 atom stereocenters. The second-order valence-electron chi connectivity index (χ2n) is 5.96. The molecular weight excluding hydrogens is 426 g/mol. The van der Waals surface area contributed by atoms with Crippen molar-refractivity contribution in [3.05, 3.63) is 80.7 Å². The molecule has 1 aromatic heterocycles. The fraction of sp³-hybridized carbons (Fsp3) is 0.150. The summed E-state index contributed by atoms with van der Waals surface area (Å²) < 4.78 is 7.03. The summed E-state index contributed by atoms with van der Waals surface area (Å²) in [4.78, 5) is 24.6. The molecule has 3 rings (SSSR count). The minimum atomic E-state index is -0.558. The van der Waals surface area contributed by atoms with Crippen molar-refractivity contribution < 1.29 is 14.6 Å². The van der Waals surface area contributed by atoms with Crippen LogP contribution in [-0.2, 0) is 6.42 Å². The SMILES string of the molecule is COc1ccc(CCNC(=O)c2nn(-c3ccc(Br)cc3)c(=O)cc2O)cc1. The molecule has 0 aliphatic rings. The topological polar surface area (TPSA) is 93.5 Å². The van der Waals surface area contributed by atoms with Crippen molar-refractivity contribution in [2.24, 2.45) is 0 Å². The molecule has 7 nitrogen and oxygen atoms in total. The predicted octanol–water partition coefficient (Wildman–Crippen LogP) is 2.68. The number of nitrogens with one attached hydrogen (secondary N) is 1. The minimum Gasteiger partial charge on any atom is -0.505 e. The fourth-order valence-corrected chi connectivity index (χ4v) is 2.84. The highest BCUT2D eigenvalue weighted by Crippen LogP contribution is 2.15. The maximum Gasteiger partial charge on any atom is 0.275 e. The number of rotatable bonds is 6. The van der Waals surface area contributed by atoms with E-state index in [4.69, 9.17) is 4.74 Å². The normalized spacial score (nSPS) is 10.5. The summed E-state index contributed by atoms with van der Waals surface area (Å²) in [5, 5.41) is 16.7. The summed E-state index contributed by atoms with van der Waals surface area (Å²) >= 11 is 3.32. The lowest BCUT2D eigenvalue weighted by Crippen LogP contribution is -2.30. The number of halogens is 1. The zero-order chi connectivity index (χ0) is 20.1. The number of aromatic hydroxyl groups is 1. The van der Waals surface area contributed by atoms with Crippen LogP contribution in [0.2, 0.25) is 0 Å². The van der Waals surface area contributed by atoms with E-state index < -0.39 is 17.2 Å². The Hall–Kier alpha value is -3.13. The Bertz CT molecular complexity index is 1030. The van der Waals surface area contributed by atoms with Crippen molar-refractivity contribution >= 4 is 21.8 Å². The Morgan fingerprint density at radius 2 is 1.86 bits per heavy atom. The number of carbonyl (C=O) groups is 1. The second-order valence-corrected chi connectivity index (χ2v) is 6.87. The molecule has 28 heavy (non-hydrogen) atoms. The van der Waals surface area contributed by atoms with E-state index in [2.05, 4.69) is 26.3 Å². The first-order chi connectivity index (χ1) is 13.5. The molecule has 0 unspecified atom stereocenters. The molecule has 0 bridgehead atoms. The molecule has 0 aliphatic carbocycles. The third kappa shape index (κ3) is 4.58. The highest BCUT2D eigenvalue weighted by Gasteiger charge is 2.16. The smallest absolute Gasteiger partial charge is 0.275 e. The third-order valence-corrected chi connectivity index (χ3v) is 4.58. The lowest BCUT2D eigenvalue weighted by molar-refractivity contribution is 0.0944. The maximum absolute atomic E-state index is 12.4. The number of carbonyl (C=O) groups excluding carboxylic acids is 1. The van der Waals surface area contributed by atoms with Crippen LogP contribution in [0.3, 0.4) is 0 Å². The van der Waals surface area contributed by atoms with Crippen molar-refractivity contribution in [2.75, 3.05) is 13.7 Å². The van der Waals surface area contributed by atoms with Gasteiger partial charge in [-0.3, -0.25) is 9.59 Å². The summed E-state index contributed by atoms with van der Waals surface area (Å²) in [5.74, 6) is -0.255. The van der Waals surface area contributed by atoms with Gasteiger partial charge in [0.1, 0.15) is 5.75 Å². The highest BCUT2D eigenvalue weighted by atomic mass is 79.9. The standard InChI is InChI=1S/C20H18BrN3O4/c1-28-16-8-2-13(3-9-16)10-11-22-20(27)19-17(25)12-18(26)24(23-19)15-6-4-14(21)5-7-15/h2-9,12,25H,10-11H2,1H3,(H,22,27). The molecular formula is C20H18BrN3O4. The van der Waals surface area contributed by atoms with Gasteiger partial charge in [0.05, 0.1) is 12.8 Å². The summed E-state index contributed by atoms with van der Waals surface area (Å²) in [6.07, 6.45) is 0.600. The number of hydrogen-bond acceptors (Lipinski definition) is 5. The Morgan fingerprint density at radius 3 is 2.50 bits per heavy atom. The first kappa shape index (κ1) is 19.6. The summed E-state index contributed by atoms with van der Waals surface area (Å²) in [6, 6.07) is 15.4. The Kier molecular flexibility index (Phi) is 6.10. The molecule has 8 heteroatoms. The van der Waals surface area contributed by atoms with Crippen molar-refractivity contribution in [3.8, 4) is 17.2 Å². The summed E-state index contributed by atoms with van der Waals surface area (Å²) in [5.41, 5.74) is 0.769. The van der Waals surface area contributed by atoms with E-state index in [1.165, 1.54) is 0 Å². The van der Waals surface area contributed by atoms with E-state index >= 15 is 0 Å². The predicted molar refractivity (Wildman–Crippen MR) is 108 cm³/mol. The van der Waals surface area contributed by atoms with Gasteiger partial charge in [-0.25, -0.2) is 0 Å². The molecule has 0 fully saturated rings. The van der Waals surface area contributed by atoms with Gasteiger partial charge >= 0.3 is 0 Å². The van der Waals surface area contributed by atoms with Crippen molar-refractivity contribution in [1.29, 1.82) is 0 Å². The van der Waals surface area contributed by atoms with Gasteiger partial charge in [0.2, 0.25) is 0 Å². The van der Waals surface area contributed by atoms with Gasteiger partial charge in [-0.1, -0.05) is 28.1 Å². The molecule has 144 valence electrons. The first-order valence-corrected chi connectivity index (χ1v) is 9.27. The maximum atomic E-state index is 12.4. The average molecular weight is 444 g/mol. The first-order valence-electron chi connectivity index (χ1n) is 8.48. The van der Waals surface area contributed by atoms with E-state index in [-0.39, 0.29) is 5.69 Å². The van der Waals surface area contributed by atoms with Gasteiger partial charge in [-0.2, -0.15) is 9.78 Å². The van der Waals surface area contributed by atoms with Gasteiger partial charge in [-0.05, 0) is 48.4 Å². The van der Waals surface area contributed by atoms with E-state index in [0.717, 1.165) is 26.5 Å². The van der Waals surface area contributed by atoms with Crippen LogP contribution in [0.4, 0.5) is 0 Å². The lowest BCUT2D eigenvalue weighted by atomic mass is 10.1. The second kappa shape index (κ2) is 8.71. The van der Waals surface area contributed by atoms with Crippen LogP contribution in [0.1, 0.15) is 16.1 Å². The quantitative estimate of drug-likeness (QED) is 0.610. The van der Waals surface area contributed by atoms with Crippen LogP contribution >= 0.6 is 15.9 Å². The Morgan fingerprint density at radius 1 is 1.18 bits per heavy atom. The molecule has 0 radical (unpaired) electrons. The molecule has 2 aromatic carbocycles. The number of amides is 1. The van der Waals surface area contributed by atoms with Crippen LogP contribution in [0, 0.1) is 0 Å². The van der Waals surface area contributed by atoms with Gasteiger partial charge in [0.15, 0.2) is 11.4 Å². The molecule has 0 aliphatic heterocycles. The van der Waals surface area contributed by atoms with Crippen molar-refractivity contribution in [2.45, 2.75) is 6.42 Å². The fourth-order valence-electron chi connectivity index (χ4n) is 2.57. The van der Waals surface area contributed by atoms with E-state index in [0.29, 0.717) is 18.7 Å². The molecule has 0 saturated heterocycles. The van der Waals surface area contributed by atoms with E-state index in [9.17, 15) is 14.7 Å². The zero-order valence-corrected chi connectivity index (χ0v) is 16.6. The van der Waals surface area contributed by atoms with Crippen molar-refractivity contribution in [3.63, 3.8) is 0 Å². The van der Waals surface area contributed by atoms with Crippen LogP contribution < -0.4 is 15.6 Å². The van der Waals surface area contributed by atoms with Crippen LogP contribution in [-0.4, -0.2) is 34.4 Å². The van der Waals surface area contributed by atoms with Crippen LogP contribution in [0.25, 0.3) is 5.69 Å². The number of methoxy groups -OCH3 is 1. The Balaban J connectivity index is 1.72. The van der Waals surface area contributed by atoms with Gasteiger partial charge < -0.3 is 15.2 Å². The number of benzene rings is 2. The summed E-state index contributed by atoms with van der Waals surface area (Å²) in [7, 11) is 1.60. The molecule has 2 N–H and O–H groups in total. The third-order valence-electron chi connectivity index (χ3n) is 4.06. The molecule has 0 saturated carbocycles. The van der Waals surface area contributed by atoms with Crippen molar-refractivity contribution in [1.82, 2.24) is 15.1 Å². The molecule has 3 aromatic rings. The number of hydrogen-bond donors (Lipinski definition) is 2. The van der Waals surface area contributed by atoms with Gasteiger partial charge in [0, 0.05) is 17.1 Å². The van der Waals surface area contributed by atoms with Gasteiger partial charge in [0.25, 0.3) is 11.5 Å². The number of ether oxygens (including phenoxy) is 1. The van der Waals surface area contributed by atoms with Crippen LogP contribution in [0.15, 0.2) is 63.9 Å². The largest absolute Gasteiger partial charge is 0.505 e.